The van der Waals surface area contributed by atoms with Gasteiger partial charge in [-0.1, -0.05) is 6.07 Å². The fourth-order valence-electron chi connectivity index (χ4n) is 1.79. The molecule has 0 saturated carbocycles. The Kier molecular flexibility index (Phi) is 1.95. The van der Waals surface area contributed by atoms with E-state index in [1.54, 1.807) is 0 Å². The van der Waals surface area contributed by atoms with Gasteiger partial charge in [0.15, 0.2) is 0 Å². The molecule has 0 fully saturated rings. The molecule has 2 nitrogen and oxygen atoms in total. The van der Waals surface area contributed by atoms with Gasteiger partial charge in [-0.25, -0.2) is 4.39 Å². The minimum Gasteiger partial charge on any atom is -0.398 e. The number of hydrogen-bond acceptors (Lipinski definition) is 1. The number of hydrogen-bond donors (Lipinski definition) is 1. The van der Waals surface area contributed by atoms with E-state index in [1.165, 1.54) is 6.92 Å². The molecule has 0 bridgehead atoms. The van der Waals surface area contributed by atoms with Gasteiger partial charge < -0.3 is 10.3 Å². The number of alkyl halides is 1. The molecule has 74 valence electrons. The molecule has 0 amide bonds. The van der Waals surface area contributed by atoms with Crippen molar-refractivity contribution in [2.45, 2.75) is 13.1 Å². The number of benzene rings is 1. The van der Waals surface area contributed by atoms with E-state index in [2.05, 4.69) is 0 Å². The summed E-state index contributed by atoms with van der Waals surface area (Å²) in [7, 11) is 1.85. The van der Waals surface area contributed by atoms with E-state index in [0.717, 1.165) is 10.9 Å². The van der Waals surface area contributed by atoms with E-state index in [1.807, 2.05) is 35.9 Å². The highest BCUT2D eigenvalue weighted by molar-refractivity contribution is 5.92. The molecule has 2 aromatic rings. The van der Waals surface area contributed by atoms with Gasteiger partial charge in [0.05, 0.1) is 11.2 Å². The predicted octanol–water partition coefficient (Wildman–Crippen LogP) is 2.79. The number of halogens is 1. The van der Waals surface area contributed by atoms with Crippen LogP contribution in [0.1, 0.15) is 18.8 Å². The Bertz CT molecular complexity index is 471. The molecule has 14 heavy (non-hydrogen) atoms. The van der Waals surface area contributed by atoms with E-state index >= 15 is 0 Å². The van der Waals surface area contributed by atoms with Crippen molar-refractivity contribution in [3.8, 4) is 0 Å². The molecule has 0 radical (unpaired) electrons. The highest BCUT2D eigenvalue weighted by atomic mass is 19.1. The van der Waals surface area contributed by atoms with Crippen molar-refractivity contribution in [1.29, 1.82) is 0 Å². The zero-order valence-electron chi connectivity index (χ0n) is 8.29. The molecule has 1 aromatic heterocycles. The first-order chi connectivity index (χ1) is 6.61. The standard InChI is InChI=1S/C11H13FN2/c1-7(12)11-6-8-9(13)4-3-5-10(8)14(11)2/h3-7H,13H2,1-2H3. The lowest BCUT2D eigenvalue weighted by Gasteiger charge is -2.04. The summed E-state index contributed by atoms with van der Waals surface area (Å²) in [5.41, 5.74) is 8.14. The van der Waals surface area contributed by atoms with Crippen molar-refractivity contribution in [1.82, 2.24) is 4.57 Å². The summed E-state index contributed by atoms with van der Waals surface area (Å²) < 4.78 is 15.0. The van der Waals surface area contributed by atoms with Crippen LogP contribution in [0.15, 0.2) is 24.3 Å². The van der Waals surface area contributed by atoms with Crippen molar-refractivity contribution in [3.05, 3.63) is 30.0 Å². The maximum absolute atomic E-state index is 13.2. The first-order valence-corrected chi connectivity index (χ1v) is 4.59. The second kappa shape index (κ2) is 3.01. The van der Waals surface area contributed by atoms with Crippen LogP contribution in [-0.4, -0.2) is 4.57 Å². The average Bonchev–Trinajstić information content (AvgIpc) is 2.46. The maximum atomic E-state index is 13.2. The number of fused-ring (bicyclic) bond motifs is 1. The minimum atomic E-state index is -0.966. The predicted molar refractivity (Wildman–Crippen MR) is 56.9 cm³/mol. The summed E-state index contributed by atoms with van der Waals surface area (Å²) in [4.78, 5) is 0. The number of aryl methyl sites for hydroxylation is 1. The first kappa shape index (κ1) is 9.06. The fraction of sp³-hybridized carbons (Fsp3) is 0.273. The van der Waals surface area contributed by atoms with E-state index in [-0.39, 0.29) is 0 Å². The van der Waals surface area contributed by atoms with Crippen molar-refractivity contribution < 1.29 is 4.39 Å². The summed E-state index contributed by atoms with van der Waals surface area (Å²) in [6.45, 7) is 1.53. The number of anilines is 1. The summed E-state index contributed by atoms with van der Waals surface area (Å²) in [6, 6.07) is 7.46. The van der Waals surface area contributed by atoms with Gasteiger partial charge in [0.1, 0.15) is 6.17 Å². The quantitative estimate of drug-likeness (QED) is 0.692. The lowest BCUT2D eigenvalue weighted by Crippen LogP contribution is -1.96. The zero-order valence-corrected chi connectivity index (χ0v) is 8.29. The van der Waals surface area contributed by atoms with Crippen molar-refractivity contribution in [2.24, 2.45) is 7.05 Å². The second-order valence-electron chi connectivity index (χ2n) is 3.52. The molecule has 0 saturated heterocycles. The lowest BCUT2D eigenvalue weighted by atomic mass is 10.2. The Morgan fingerprint density at radius 3 is 2.71 bits per heavy atom. The SMILES string of the molecule is CC(F)c1cc2c(N)cccc2n1C. The van der Waals surface area contributed by atoms with Gasteiger partial charge >= 0.3 is 0 Å². The first-order valence-electron chi connectivity index (χ1n) is 4.59. The molecule has 2 N–H and O–H groups in total. The molecule has 1 unspecified atom stereocenters. The van der Waals surface area contributed by atoms with Crippen LogP contribution in [0.3, 0.4) is 0 Å². The highest BCUT2D eigenvalue weighted by Gasteiger charge is 2.12. The molecular weight excluding hydrogens is 179 g/mol. The van der Waals surface area contributed by atoms with Crippen LogP contribution in [0, 0.1) is 0 Å². The van der Waals surface area contributed by atoms with Crippen LogP contribution in [0.25, 0.3) is 10.9 Å². The van der Waals surface area contributed by atoms with Gasteiger partial charge in [0.2, 0.25) is 0 Å². The van der Waals surface area contributed by atoms with Gasteiger partial charge in [-0.2, -0.15) is 0 Å². The Hall–Kier alpha value is -1.51. The lowest BCUT2D eigenvalue weighted by molar-refractivity contribution is 0.359. The Balaban J connectivity index is 2.80. The van der Waals surface area contributed by atoms with E-state index in [0.29, 0.717) is 11.4 Å². The second-order valence-corrected chi connectivity index (χ2v) is 3.52. The Labute approximate surface area is 82.1 Å². The third kappa shape index (κ3) is 1.16. The molecular formula is C11H13FN2. The molecule has 0 aliphatic carbocycles. The number of aromatic nitrogens is 1. The number of nitrogens with two attached hydrogens (primary N) is 1. The summed E-state index contributed by atoms with van der Waals surface area (Å²) in [5.74, 6) is 0. The van der Waals surface area contributed by atoms with Crippen molar-refractivity contribution in [3.63, 3.8) is 0 Å². The number of nitrogens with zero attached hydrogens (tertiary/aromatic N) is 1. The van der Waals surface area contributed by atoms with Crippen LogP contribution in [0.4, 0.5) is 10.1 Å². The zero-order chi connectivity index (χ0) is 10.3. The molecule has 0 aliphatic rings. The molecule has 2 rings (SSSR count). The van der Waals surface area contributed by atoms with E-state index < -0.39 is 6.17 Å². The molecule has 1 aromatic carbocycles. The van der Waals surface area contributed by atoms with Crippen LogP contribution in [0.2, 0.25) is 0 Å². The monoisotopic (exact) mass is 192 g/mol. The largest absolute Gasteiger partial charge is 0.398 e. The number of nitrogen functional groups attached to an aromatic ring is 1. The average molecular weight is 192 g/mol. The number of rotatable bonds is 1. The van der Waals surface area contributed by atoms with Crippen molar-refractivity contribution in [2.75, 3.05) is 5.73 Å². The minimum absolute atomic E-state index is 0.665. The molecule has 1 atom stereocenters. The van der Waals surface area contributed by atoms with Gasteiger partial charge in [-0.3, -0.25) is 0 Å². The summed E-state index contributed by atoms with van der Waals surface area (Å²) in [6.07, 6.45) is -0.966. The van der Waals surface area contributed by atoms with Crippen LogP contribution >= 0.6 is 0 Å². The van der Waals surface area contributed by atoms with E-state index in [4.69, 9.17) is 5.73 Å². The maximum Gasteiger partial charge on any atom is 0.137 e. The van der Waals surface area contributed by atoms with Gasteiger partial charge in [0, 0.05) is 18.1 Å². The Morgan fingerprint density at radius 2 is 2.14 bits per heavy atom. The third-order valence-corrected chi connectivity index (χ3v) is 2.57. The topological polar surface area (TPSA) is 30.9 Å². The van der Waals surface area contributed by atoms with Crippen LogP contribution < -0.4 is 5.73 Å². The highest BCUT2D eigenvalue weighted by Crippen LogP contribution is 2.28. The molecule has 1 heterocycles. The molecule has 0 aliphatic heterocycles. The molecule has 0 spiro atoms. The third-order valence-electron chi connectivity index (χ3n) is 2.57. The summed E-state index contributed by atoms with van der Waals surface area (Å²) >= 11 is 0. The van der Waals surface area contributed by atoms with Crippen LogP contribution in [-0.2, 0) is 7.05 Å². The smallest absolute Gasteiger partial charge is 0.137 e. The van der Waals surface area contributed by atoms with E-state index in [9.17, 15) is 4.39 Å². The van der Waals surface area contributed by atoms with Gasteiger partial charge in [-0.05, 0) is 25.1 Å². The normalized spacial score (nSPS) is 13.4. The molecule has 3 heteroatoms. The van der Waals surface area contributed by atoms with Gasteiger partial charge in [-0.15, -0.1) is 0 Å². The summed E-state index contributed by atoms with van der Waals surface area (Å²) in [5, 5.41) is 0.925. The Morgan fingerprint density at radius 1 is 1.43 bits per heavy atom. The fourth-order valence-corrected chi connectivity index (χ4v) is 1.79. The van der Waals surface area contributed by atoms with Crippen LogP contribution in [0.5, 0.6) is 0 Å². The van der Waals surface area contributed by atoms with Gasteiger partial charge in [0.25, 0.3) is 0 Å². The van der Waals surface area contributed by atoms with Crippen molar-refractivity contribution >= 4 is 16.6 Å².